The van der Waals surface area contributed by atoms with Crippen molar-refractivity contribution >= 4 is 11.9 Å². The molecule has 1 unspecified atom stereocenters. The predicted molar refractivity (Wildman–Crippen MR) is 63.2 cm³/mol. The Labute approximate surface area is 108 Å². The van der Waals surface area contributed by atoms with Gasteiger partial charge in [-0.05, 0) is 13.8 Å². The van der Waals surface area contributed by atoms with E-state index in [9.17, 15) is 13.6 Å². The Morgan fingerprint density at radius 1 is 1.58 bits per heavy atom. The van der Waals surface area contributed by atoms with Gasteiger partial charge in [-0.1, -0.05) is 0 Å². The number of hydrogen-bond donors (Lipinski definition) is 2. The maximum atomic E-state index is 12.1. The number of esters is 1. The highest BCUT2D eigenvalue weighted by Gasteiger charge is 2.17. The second-order valence-electron chi connectivity index (χ2n) is 3.70. The van der Waals surface area contributed by atoms with Crippen LogP contribution in [0.3, 0.4) is 0 Å². The maximum Gasteiger partial charge on any atom is 0.341 e. The van der Waals surface area contributed by atoms with E-state index in [0.29, 0.717) is 5.69 Å². The van der Waals surface area contributed by atoms with Crippen molar-refractivity contribution in [2.24, 2.45) is 0 Å². The molecule has 0 aliphatic rings. The van der Waals surface area contributed by atoms with Crippen LogP contribution in [0.4, 0.5) is 14.7 Å². The number of nitrogens with one attached hydrogen (secondary N) is 1. The summed E-state index contributed by atoms with van der Waals surface area (Å²) in [6.07, 6.45) is -3.39. The van der Waals surface area contributed by atoms with Crippen molar-refractivity contribution in [2.75, 3.05) is 18.5 Å². The number of aliphatic hydroxyl groups excluding tert-OH is 1. The number of anilines is 1. The molecular formula is C11H15F2N3O3. The second-order valence-corrected chi connectivity index (χ2v) is 3.70. The number of carbonyl (C=O) groups is 1. The summed E-state index contributed by atoms with van der Waals surface area (Å²) >= 11 is 0. The van der Waals surface area contributed by atoms with E-state index in [1.165, 1.54) is 6.20 Å². The molecule has 2 N–H and O–H groups in total. The number of aliphatic hydroxyl groups is 1. The third kappa shape index (κ3) is 4.40. The summed E-state index contributed by atoms with van der Waals surface area (Å²) in [4.78, 5) is 19.2. The summed E-state index contributed by atoms with van der Waals surface area (Å²) in [5.74, 6) is -0.482. The molecule has 0 aromatic carbocycles. The van der Waals surface area contributed by atoms with Crippen molar-refractivity contribution in [1.29, 1.82) is 0 Å². The summed E-state index contributed by atoms with van der Waals surface area (Å²) in [7, 11) is 0. The number of rotatable bonds is 6. The lowest BCUT2D eigenvalue weighted by molar-refractivity contribution is 0.00376. The fourth-order valence-corrected chi connectivity index (χ4v) is 1.25. The molecule has 1 atom stereocenters. The SMILES string of the molecule is CCOC(=O)c1cnc(NCC(O)C(F)F)nc1C. The monoisotopic (exact) mass is 275 g/mol. The van der Waals surface area contributed by atoms with E-state index in [1.54, 1.807) is 13.8 Å². The zero-order chi connectivity index (χ0) is 14.4. The molecule has 106 valence electrons. The normalized spacial score (nSPS) is 12.3. The van der Waals surface area contributed by atoms with Crippen LogP contribution < -0.4 is 5.32 Å². The summed E-state index contributed by atoms with van der Waals surface area (Å²) in [5.41, 5.74) is 0.573. The number of aryl methyl sites for hydroxylation is 1. The third-order valence-corrected chi connectivity index (χ3v) is 2.23. The van der Waals surface area contributed by atoms with E-state index in [1.807, 2.05) is 0 Å². The highest BCUT2D eigenvalue weighted by molar-refractivity contribution is 5.90. The number of aromatic nitrogens is 2. The minimum atomic E-state index is -2.84. The number of ether oxygens (including phenoxy) is 1. The second kappa shape index (κ2) is 6.93. The van der Waals surface area contributed by atoms with Crippen LogP contribution in [0.5, 0.6) is 0 Å². The molecular weight excluding hydrogens is 260 g/mol. The van der Waals surface area contributed by atoms with E-state index >= 15 is 0 Å². The molecule has 1 aromatic heterocycles. The van der Waals surface area contributed by atoms with Crippen LogP contribution in [0.15, 0.2) is 6.20 Å². The fraction of sp³-hybridized carbons (Fsp3) is 0.545. The lowest BCUT2D eigenvalue weighted by Crippen LogP contribution is -2.27. The Morgan fingerprint density at radius 3 is 2.79 bits per heavy atom. The van der Waals surface area contributed by atoms with Gasteiger partial charge in [-0.15, -0.1) is 0 Å². The summed E-state index contributed by atoms with van der Waals surface area (Å²) in [5, 5.41) is 11.4. The zero-order valence-electron chi connectivity index (χ0n) is 10.6. The van der Waals surface area contributed by atoms with E-state index in [0.717, 1.165) is 0 Å². The van der Waals surface area contributed by atoms with Gasteiger partial charge >= 0.3 is 5.97 Å². The van der Waals surface area contributed by atoms with E-state index in [-0.39, 0.29) is 24.7 Å². The first-order valence-electron chi connectivity index (χ1n) is 5.66. The molecule has 0 bridgehead atoms. The first-order chi connectivity index (χ1) is 8.95. The predicted octanol–water partition coefficient (Wildman–Crippen LogP) is 1.000. The van der Waals surface area contributed by atoms with Crippen LogP contribution in [-0.2, 0) is 4.74 Å². The molecule has 0 fully saturated rings. The Balaban J connectivity index is 2.69. The number of carbonyl (C=O) groups excluding carboxylic acids is 1. The topological polar surface area (TPSA) is 84.3 Å². The molecule has 19 heavy (non-hydrogen) atoms. The minimum Gasteiger partial charge on any atom is -0.462 e. The van der Waals surface area contributed by atoms with Gasteiger partial charge in [-0.3, -0.25) is 0 Å². The van der Waals surface area contributed by atoms with Crippen LogP contribution >= 0.6 is 0 Å². The molecule has 0 aliphatic heterocycles. The summed E-state index contributed by atoms with van der Waals surface area (Å²) in [6, 6.07) is 0. The van der Waals surface area contributed by atoms with Gasteiger partial charge in [-0.2, -0.15) is 0 Å². The lowest BCUT2D eigenvalue weighted by atomic mass is 10.2. The smallest absolute Gasteiger partial charge is 0.341 e. The third-order valence-electron chi connectivity index (χ3n) is 2.23. The maximum absolute atomic E-state index is 12.1. The Morgan fingerprint density at radius 2 is 2.26 bits per heavy atom. The Hall–Kier alpha value is -1.83. The van der Waals surface area contributed by atoms with Crippen LogP contribution in [0.1, 0.15) is 23.0 Å². The summed E-state index contributed by atoms with van der Waals surface area (Å²) in [6.45, 7) is 3.10. The van der Waals surface area contributed by atoms with Crippen molar-refractivity contribution in [2.45, 2.75) is 26.4 Å². The number of alkyl halides is 2. The van der Waals surface area contributed by atoms with Crippen molar-refractivity contribution in [3.63, 3.8) is 0 Å². The van der Waals surface area contributed by atoms with Crippen molar-refractivity contribution in [1.82, 2.24) is 9.97 Å². The van der Waals surface area contributed by atoms with Crippen LogP contribution in [-0.4, -0.2) is 46.7 Å². The molecule has 6 nitrogen and oxygen atoms in total. The summed E-state index contributed by atoms with van der Waals surface area (Å²) < 4.78 is 28.9. The van der Waals surface area contributed by atoms with Crippen molar-refractivity contribution in [3.05, 3.63) is 17.5 Å². The average molecular weight is 275 g/mol. The number of halogens is 2. The quantitative estimate of drug-likeness (QED) is 0.753. The van der Waals surface area contributed by atoms with Gasteiger partial charge < -0.3 is 15.2 Å². The van der Waals surface area contributed by atoms with E-state index in [2.05, 4.69) is 15.3 Å². The first kappa shape index (κ1) is 15.2. The van der Waals surface area contributed by atoms with Gasteiger partial charge in [0.25, 0.3) is 6.43 Å². The molecule has 0 radical (unpaired) electrons. The highest BCUT2D eigenvalue weighted by Crippen LogP contribution is 2.09. The van der Waals surface area contributed by atoms with Gasteiger partial charge in [0.2, 0.25) is 5.95 Å². The van der Waals surface area contributed by atoms with Crippen molar-refractivity contribution < 1.29 is 23.4 Å². The van der Waals surface area contributed by atoms with Gasteiger partial charge in [0.05, 0.1) is 17.9 Å². The largest absolute Gasteiger partial charge is 0.462 e. The van der Waals surface area contributed by atoms with Crippen LogP contribution in [0.2, 0.25) is 0 Å². The number of hydrogen-bond acceptors (Lipinski definition) is 6. The minimum absolute atomic E-state index is 0.0604. The molecule has 0 amide bonds. The lowest BCUT2D eigenvalue weighted by Gasteiger charge is -2.11. The molecule has 0 saturated heterocycles. The van der Waals surface area contributed by atoms with Crippen molar-refractivity contribution in [3.8, 4) is 0 Å². The van der Waals surface area contributed by atoms with E-state index < -0.39 is 18.5 Å². The van der Waals surface area contributed by atoms with Gasteiger partial charge in [-0.25, -0.2) is 23.5 Å². The first-order valence-corrected chi connectivity index (χ1v) is 5.66. The molecule has 0 saturated carbocycles. The average Bonchev–Trinajstić information content (AvgIpc) is 2.36. The fourth-order valence-electron chi connectivity index (χ4n) is 1.25. The van der Waals surface area contributed by atoms with Gasteiger partial charge in [0.15, 0.2) is 0 Å². The zero-order valence-corrected chi connectivity index (χ0v) is 10.6. The Kier molecular flexibility index (Phi) is 5.56. The van der Waals surface area contributed by atoms with Gasteiger partial charge in [0.1, 0.15) is 6.10 Å². The molecule has 8 heteroatoms. The Bertz CT molecular complexity index is 443. The molecule has 0 spiro atoms. The highest BCUT2D eigenvalue weighted by atomic mass is 19.3. The van der Waals surface area contributed by atoms with Crippen LogP contribution in [0, 0.1) is 6.92 Å². The number of nitrogens with zero attached hydrogens (tertiary/aromatic N) is 2. The van der Waals surface area contributed by atoms with Crippen LogP contribution in [0.25, 0.3) is 0 Å². The molecule has 1 rings (SSSR count). The standard InChI is InChI=1S/C11H15F2N3O3/c1-3-19-10(18)7-4-14-11(16-6(7)2)15-5-8(17)9(12)13/h4,8-9,17H,3,5H2,1-2H3,(H,14,15,16). The van der Waals surface area contributed by atoms with E-state index in [4.69, 9.17) is 9.84 Å². The molecule has 0 aliphatic carbocycles. The molecule has 1 aromatic rings. The van der Waals surface area contributed by atoms with Gasteiger partial charge in [0, 0.05) is 12.7 Å². The molecule has 1 heterocycles.